The van der Waals surface area contributed by atoms with Crippen molar-refractivity contribution in [3.05, 3.63) is 64.1 Å². The van der Waals surface area contributed by atoms with Crippen LogP contribution in [0.25, 0.3) is 0 Å². The highest BCUT2D eigenvalue weighted by Gasteiger charge is 2.14. The van der Waals surface area contributed by atoms with Crippen LogP contribution in [0.3, 0.4) is 0 Å². The first-order valence-electron chi connectivity index (χ1n) is 8.20. The van der Waals surface area contributed by atoms with E-state index < -0.39 is 9.84 Å². The Morgan fingerprint density at radius 1 is 1.08 bits per heavy atom. The van der Waals surface area contributed by atoms with Crippen molar-refractivity contribution < 1.29 is 13.2 Å². The van der Waals surface area contributed by atoms with Crippen LogP contribution in [0.2, 0.25) is 0 Å². The van der Waals surface area contributed by atoms with Gasteiger partial charge in [0.2, 0.25) is 0 Å². The number of benzene rings is 2. The van der Waals surface area contributed by atoms with Crippen molar-refractivity contribution in [1.29, 1.82) is 0 Å². The Bertz CT molecular complexity index is 815. The van der Waals surface area contributed by atoms with E-state index >= 15 is 0 Å². The second-order valence-corrected chi connectivity index (χ2v) is 9.16. The molecule has 0 aromatic heterocycles. The van der Waals surface area contributed by atoms with Gasteiger partial charge < -0.3 is 5.32 Å². The lowest BCUT2D eigenvalue weighted by molar-refractivity contribution is 0.0938. The number of hydrogen-bond donors (Lipinski definition) is 1. The molecule has 4 nitrogen and oxygen atoms in total. The monoisotopic (exact) mass is 423 g/mol. The predicted octanol–water partition coefficient (Wildman–Crippen LogP) is 3.99. The lowest BCUT2D eigenvalue weighted by Crippen LogP contribution is -2.32. The van der Waals surface area contributed by atoms with E-state index in [9.17, 15) is 13.2 Å². The molecule has 0 aliphatic heterocycles. The van der Waals surface area contributed by atoms with Crippen molar-refractivity contribution in [3.8, 4) is 0 Å². The quantitative estimate of drug-likeness (QED) is 0.731. The maximum atomic E-state index is 12.3. The highest BCUT2D eigenvalue weighted by molar-refractivity contribution is 9.10. The van der Waals surface area contributed by atoms with Crippen molar-refractivity contribution in [1.82, 2.24) is 5.32 Å². The largest absolute Gasteiger partial charge is 0.350 e. The van der Waals surface area contributed by atoms with E-state index in [1.807, 2.05) is 19.1 Å². The average Bonchev–Trinajstić information content (AvgIpc) is 2.61. The lowest BCUT2D eigenvalue weighted by atomic mass is 10.1. The number of nitrogens with one attached hydrogen (secondary N) is 1. The number of rotatable bonds is 7. The summed E-state index contributed by atoms with van der Waals surface area (Å²) in [5.41, 5.74) is 1.68. The van der Waals surface area contributed by atoms with Crippen molar-refractivity contribution in [2.24, 2.45) is 0 Å². The molecular formula is C19H22BrNO3S. The van der Waals surface area contributed by atoms with Crippen LogP contribution in [0.1, 0.15) is 36.2 Å². The Kier molecular flexibility index (Phi) is 6.79. The van der Waals surface area contributed by atoms with Gasteiger partial charge in [-0.2, -0.15) is 0 Å². The molecular weight excluding hydrogens is 402 g/mol. The Balaban J connectivity index is 1.91. The Morgan fingerprint density at radius 2 is 1.68 bits per heavy atom. The van der Waals surface area contributed by atoms with Gasteiger partial charge in [-0.15, -0.1) is 0 Å². The maximum Gasteiger partial charge on any atom is 0.251 e. The molecule has 134 valence electrons. The minimum Gasteiger partial charge on any atom is -0.350 e. The van der Waals surface area contributed by atoms with Gasteiger partial charge in [0.25, 0.3) is 5.91 Å². The molecule has 1 amide bonds. The summed E-state index contributed by atoms with van der Waals surface area (Å²) in [6, 6.07) is 14.2. The third-order valence-corrected chi connectivity index (χ3v) is 6.29. The first kappa shape index (κ1) is 19.7. The first-order chi connectivity index (χ1) is 11.8. The minimum atomic E-state index is -3.24. The van der Waals surface area contributed by atoms with Crippen molar-refractivity contribution in [2.45, 2.75) is 37.6 Å². The predicted molar refractivity (Wildman–Crippen MR) is 104 cm³/mol. The Hall–Kier alpha value is -1.66. The number of aryl methyl sites for hydroxylation is 1. The van der Waals surface area contributed by atoms with Gasteiger partial charge in [0.1, 0.15) is 0 Å². The van der Waals surface area contributed by atoms with Gasteiger partial charge in [0.05, 0.1) is 10.6 Å². The Morgan fingerprint density at radius 3 is 2.24 bits per heavy atom. The van der Waals surface area contributed by atoms with Crippen LogP contribution in [-0.4, -0.2) is 26.1 Å². The molecule has 0 aliphatic rings. The van der Waals surface area contributed by atoms with Gasteiger partial charge in [-0.25, -0.2) is 8.42 Å². The van der Waals surface area contributed by atoms with E-state index in [1.54, 1.807) is 19.1 Å². The molecule has 0 heterocycles. The number of carbonyl (C=O) groups is 1. The zero-order valence-corrected chi connectivity index (χ0v) is 16.7. The molecule has 0 radical (unpaired) electrons. The molecule has 6 heteroatoms. The molecule has 0 fully saturated rings. The summed E-state index contributed by atoms with van der Waals surface area (Å²) in [6.07, 6.45) is 1.71. The van der Waals surface area contributed by atoms with E-state index in [0.29, 0.717) is 5.56 Å². The fourth-order valence-corrected chi connectivity index (χ4v) is 3.54. The van der Waals surface area contributed by atoms with Crippen molar-refractivity contribution in [3.63, 3.8) is 0 Å². The van der Waals surface area contributed by atoms with E-state index in [-0.39, 0.29) is 22.6 Å². The highest BCUT2D eigenvalue weighted by atomic mass is 79.9. The van der Waals surface area contributed by atoms with Gasteiger partial charge in [0.15, 0.2) is 9.84 Å². The summed E-state index contributed by atoms with van der Waals surface area (Å²) < 4.78 is 24.6. The molecule has 1 N–H and O–H groups in total. The summed E-state index contributed by atoms with van der Waals surface area (Å²) in [4.78, 5) is 12.5. The second kappa shape index (κ2) is 8.63. The van der Waals surface area contributed by atoms with Gasteiger partial charge in [-0.05, 0) is 61.7 Å². The van der Waals surface area contributed by atoms with Gasteiger partial charge in [-0.1, -0.05) is 35.0 Å². The van der Waals surface area contributed by atoms with Crippen LogP contribution in [0.15, 0.2) is 57.9 Å². The molecule has 1 atom stereocenters. The number of hydrogen-bond acceptors (Lipinski definition) is 3. The van der Waals surface area contributed by atoms with E-state index in [4.69, 9.17) is 0 Å². The standard InChI is InChI=1S/C19H22BrNO3S/c1-3-25(23,24)18-12-8-16(9-13-18)19(22)21-14(2)4-5-15-6-10-17(20)11-7-15/h6-14H,3-5H2,1-2H3,(H,21,22). The first-order valence-corrected chi connectivity index (χ1v) is 10.6. The molecule has 0 bridgehead atoms. The molecule has 0 spiro atoms. The Labute approximate surface area is 157 Å². The molecule has 0 aliphatic carbocycles. The summed E-state index contributed by atoms with van der Waals surface area (Å²) in [5.74, 6) is -0.144. The topological polar surface area (TPSA) is 63.2 Å². The molecule has 25 heavy (non-hydrogen) atoms. The summed E-state index contributed by atoms with van der Waals surface area (Å²) >= 11 is 3.41. The summed E-state index contributed by atoms with van der Waals surface area (Å²) in [6.45, 7) is 3.57. The van der Waals surface area contributed by atoms with Crippen LogP contribution >= 0.6 is 15.9 Å². The van der Waals surface area contributed by atoms with E-state index in [0.717, 1.165) is 17.3 Å². The molecule has 0 saturated heterocycles. The molecule has 2 rings (SSSR count). The fraction of sp³-hybridized carbons (Fsp3) is 0.316. The normalized spacial score (nSPS) is 12.6. The molecule has 1 unspecified atom stereocenters. The third kappa shape index (κ3) is 5.68. The fourth-order valence-electron chi connectivity index (χ4n) is 2.39. The van der Waals surface area contributed by atoms with Crippen LogP contribution in [0.4, 0.5) is 0 Å². The SMILES string of the molecule is CCS(=O)(=O)c1ccc(C(=O)NC(C)CCc2ccc(Br)cc2)cc1. The van der Waals surface area contributed by atoms with Crippen molar-refractivity contribution in [2.75, 3.05) is 5.75 Å². The van der Waals surface area contributed by atoms with Crippen LogP contribution in [0.5, 0.6) is 0 Å². The average molecular weight is 424 g/mol. The van der Waals surface area contributed by atoms with E-state index in [1.165, 1.54) is 17.7 Å². The number of halogens is 1. The number of sulfone groups is 1. The third-order valence-electron chi connectivity index (χ3n) is 4.01. The number of amides is 1. The lowest BCUT2D eigenvalue weighted by Gasteiger charge is -2.14. The smallest absolute Gasteiger partial charge is 0.251 e. The molecule has 0 saturated carbocycles. The van der Waals surface area contributed by atoms with Crippen LogP contribution in [0, 0.1) is 0 Å². The van der Waals surface area contributed by atoms with Crippen LogP contribution < -0.4 is 5.32 Å². The van der Waals surface area contributed by atoms with Gasteiger partial charge >= 0.3 is 0 Å². The molecule has 2 aromatic rings. The summed E-state index contributed by atoms with van der Waals surface area (Å²) in [7, 11) is -3.24. The summed E-state index contributed by atoms with van der Waals surface area (Å²) in [5, 5.41) is 2.95. The maximum absolute atomic E-state index is 12.3. The van der Waals surface area contributed by atoms with Gasteiger partial charge in [-0.3, -0.25) is 4.79 Å². The minimum absolute atomic E-state index is 0.0233. The zero-order chi connectivity index (χ0) is 18.4. The van der Waals surface area contributed by atoms with E-state index in [2.05, 4.69) is 33.4 Å². The van der Waals surface area contributed by atoms with Crippen molar-refractivity contribution >= 4 is 31.7 Å². The second-order valence-electron chi connectivity index (χ2n) is 5.97. The van der Waals surface area contributed by atoms with Gasteiger partial charge in [0, 0.05) is 16.1 Å². The number of carbonyl (C=O) groups excluding carboxylic acids is 1. The highest BCUT2D eigenvalue weighted by Crippen LogP contribution is 2.14. The van der Waals surface area contributed by atoms with Crippen LogP contribution in [-0.2, 0) is 16.3 Å². The zero-order valence-electron chi connectivity index (χ0n) is 14.3. The molecule has 2 aromatic carbocycles.